The molecule has 1 nitrogen and oxygen atoms in total. The van der Waals surface area contributed by atoms with Gasteiger partial charge in [-0.2, -0.15) is 0 Å². The topological polar surface area (TPSA) is 9.23 Å². The van der Waals surface area contributed by atoms with Gasteiger partial charge in [0.15, 0.2) is 0 Å². The summed E-state index contributed by atoms with van der Waals surface area (Å²) in [6.45, 7) is 2.55. The first-order valence-electron chi connectivity index (χ1n) is 10.5. The molecule has 4 aliphatic rings. The molecule has 0 radical (unpaired) electrons. The number of hydrogen-bond acceptors (Lipinski definition) is 1. The summed E-state index contributed by atoms with van der Waals surface area (Å²) >= 11 is 0. The second-order valence-electron chi connectivity index (χ2n) is 9.06. The van der Waals surface area contributed by atoms with Crippen LogP contribution in [-0.2, 0) is 4.52 Å². The summed E-state index contributed by atoms with van der Waals surface area (Å²) in [5, 5.41) is 3.32. The zero-order valence-electron chi connectivity index (χ0n) is 16.3. The molecule has 4 bridgehead atoms. The van der Waals surface area contributed by atoms with E-state index in [1.165, 1.54) is 49.1 Å². The van der Waals surface area contributed by atoms with Crippen molar-refractivity contribution in [1.29, 1.82) is 0 Å². The lowest BCUT2D eigenvalue weighted by Gasteiger charge is -2.59. The third-order valence-electron chi connectivity index (χ3n) is 7.18. The summed E-state index contributed by atoms with van der Waals surface area (Å²) in [4.78, 5) is 0. The SMILES string of the molecule is CP(COP(c1ccccc1)c1ccccc1)C12CC3CC(CC(C3)C1)C2. The molecule has 0 aromatic heterocycles. The monoisotopic (exact) mass is 396 g/mol. The Morgan fingerprint density at radius 2 is 1.22 bits per heavy atom. The van der Waals surface area contributed by atoms with Gasteiger partial charge in [0.1, 0.15) is 0 Å². The highest BCUT2D eigenvalue weighted by molar-refractivity contribution is 7.69. The van der Waals surface area contributed by atoms with Crippen molar-refractivity contribution in [3.8, 4) is 0 Å². The quantitative estimate of drug-likeness (QED) is 0.537. The molecule has 0 heterocycles. The molecule has 1 atom stereocenters. The van der Waals surface area contributed by atoms with E-state index < -0.39 is 8.15 Å². The maximum absolute atomic E-state index is 6.76. The van der Waals surface area contributed by atoms with Gasteiger partial charge in [0.25, 0.3) is 0 Å². The molecule has 0 saturated heterocycles. The molecular formula is C24H30OP2. The van der Waals surface area contributed by atoms with Crippen LogP contribution in [0, 0.1) is 17.8 Å². The van der Waals surface area contributed by atoms with Crippen LogP contribution in [-0.4, -0.2) is 18.2 Å². The average Bonchev–Trinajstić information content (AvgIpc) is 2.69. The molecule has 3 heteroatoms. The molecule has 2 aromatic rings. The first kappa shape index (κ1) is 18.3. The Labute approximate surface area is 166 Å². The van der Waals surface area contributed by atoms with Crippen molar-refractivity contribution in [3.05, 3.63) is 60.7 Å². The molecule has 1 unspecified atom stereocenters. The summed E-state index contributed by atoms with van der Waals surface area (Å²) in [6.07, 6.45) is 10.1. The molecule has 2 aromatic carbocycles. The van der Waals surface area contributed by atoms with Crippen molar-refractivity contribution >= 4 is 26.7 Å². The Morgan fingerprint density at radius 3 is 1.67 bits per heavy atom. The van der Waals surface area contributed by atoms with Crippen molar-refractivity contribution in [2.45, 2.75) is 43.7 Å². The van der Waals surface area contributed by atoms with Crippen LogP contribution in [0.3, 0.4) is 0 Å². The molecule has 4 fully saturated rings. The number of benzene rings is 2. The van der Waals surface area contributed by atoms with Gasteiger partial charge in [-0.25, -0.2) is 0 Å². The third kappa shape index (κ3) is 3.64. The Bertz CT molecular complexity index is 686. The maximum Gasteiger partial charge on any atom is 0.0922 e. The van der Waals surface area contributed by atoms with Crippen LogP contribution >= 0.6 is 16.1 Å². The fourth-order valence-electron chi connectivity index (χ4n) is 6.24. The highest BCUT2D eigenvalue weighted by Gasteiger charge is 2.53. The lowest BCUT2D eigenvalue weighted by atomic mass is 9.56. The van der Waals surface area contributed by atoms with Crippen LogP contribution in [0.25, 0.3) is 0 Å². The number of rotatable bonds is 6. The van der Waals surface area contributed by atoms with Gasteiger partial charge in [-0.1, -0.05) is 68.6 Å². The smallest absolute Gasteiger partial charge is 0.0922 e. The maximum atomic E-state index is 6.76. The van der Waals surface area contributed by atoms with Gasteiger partial charge in [-0.15, -0.1) is 0 Å². The van der Waals surface area contributed by atoms with Gasteiger partial charge in [0.2, 0.25) is 0 Å². The summed E-state index contributed by atoms with van der Waals surface area (Å²) < 4.78 is 6.76. The first-order valence-corrected chi connectivity index (χ1v) is 13.7. The van der Waals surface area contributed by atoms with Crippen LogP contribution < -0.4 is 10.6 Å². The van der Waals surface area contributed by atoms with Crippen molar-refractivity contribution < 1.29 is 4.52 Å². The van der Waals surface area contributed by atoms with E-state index in [1.807, 2.05) is 0 Å². The average molecular weight is 396 g/mol. The van der Waals surface area contributed by atoms with E-state index in [0.717, 1.165) is 24.1 Å². The van der Waals surface area contributed by atoms with E-state index in [2.05, 4.69) is 67.3 Å². The van der Waals surface area contributed by atoms with E-state index in [4.69, 9.17) is 4.52 Å². The molecule has 4 saturated carbocycles. The molecule has 0 aliphatic heterocycles. The van der Waals surface area contributed by atoms with Gasteiger partial charge >= 0.3 is 0 Å². The lowest BCUT2D eigenvalue weighted by Crippen LogP contribution is -2.49. The molecule has 0 amide bonds. The Morgan fingerprint density at radius 1 is 0.778 bits per heavy atom. The minimum Gasteiger partial charge on any atom is -0.345 e. The zero-order valence-corrected chi connectivity index (χ0v) is 18.0. The van der Waals surface area contributed by atoms with Gasteiger partial charge in [0, 0.05) is 10.6 Å². The van der Waals surface area contributed by atoms with Gasteiger partial charge < -0.3 is 4.52 Å². The molecule has 4 aliphatic carbocycles. The van der Waals surface area contributed by atoms with Crippen LogP contribution in [0.1, 0.15) is 38.5 Å². The van der Waals surface area contributed by atoms with Crippen molar-refractivity contribution in [3.63, 3.8) is 0 Å². The summed E-state index contributed by atoms with van der Waals surface area (Å²) in [5.41, 5.74) is 0. The minimum absolute atomic E-state index is 0.0739. The van der Waals surface area contributed by atoms with Gasteiger partial charge in [-0.05, 0) is 68.1 Å². The Kier molecular flexibility index (Phi) is 5.14. The zero-order chi connectivity index (χ0) is 18.3. The predicted molar refractivity (Wildman–Crippen MR) is 119 cm³/mol. The summed E-state index contributed by atoms with van der Waals surface area (Å²) in [5.74, 6) is 3.10. The van der Waals surface area contributed by atoms with Crippen molar-refractivity contribution in [2.75, 3.05) is 13.0 Å². The summed E-state index contributed by atoms with van der Waals surface area (Å²) in [7, 11) is -0.782. The highest BCUT2D eigenvalue weighted by atomic mass is 31.1. The van der Waals surface area contributed by atoms with Crippen molar-refractivity contribution in [2.24, 2.45) is 17.8 Å². The van der Waals surface area contributed by atoms with Crippen LogP contribution in [0.5, 0.6) is 0 Å². The van der Waals surface area contributed by atoms with E-state index in [9.17, 15) is 0 Å². The number of hydrogen-bond donors (Lipinski definition) is 0. The van der Waals surface area contributed by atoms with E-state index in [-0.39, 0.29) is 7.92 Å². The predicted octanol–water partition coefficient (Wildman–Crippen LogP) is 6.09. The fraction of sp³-hybridized carbons (Fsp3) is 0.500. The van der Waals surface area contributed by atoms with E-state index >= 15 is 0 Å². The third-order valence-corrected chi connectivity index (χ3v) is 12.0. The van der Waals surface area contributed by atoms with Crippen molar-refractivity contribution in [1.82, 2.24) is 0 Å². The highest BCUT2D eigenvalue weighted by Crippen LogP contribution is 2.67. The minimum atomic E-state index is -0.709. The summed E-state index contributed by atoms with van der Waals surface area (Å²) in [6, 6.07) is 21.7. The molecule has 142 valence electrons. The van der Waals surface area contributed by atoms with Crippen LogP contribution in [0.4, 0.5) is 0 Å². The van der Waals surface area contributed by atoms with Gasteiger partial charge in [-0.3, -0.25) is 0 Å². The largest absolute Gasteiger partial charge is 0.345 e. The Hall–Kier alpha value is -0.740. The normalized spacial score (nSPS) is 32.7. The molecular weight excluding hydrogens is 366 g/mol. The Balaban J connectivity index is 1.34. The standard InChI is InChI=1S/C24H30OP2/c1-26(24-15-19-12-20(16-24)14-21(13-19)17-24)18-25-27(22-8-4-2-5-9-22)23-10-6-3-7-11-23/h2-11,19-21H,12-18H2,1H3. The fourth-order valence-corrected chi connectivity index (χ4v) is 10.9. The lowest BCUT2D eigenvalue weighted by molar-refractivity contribution is 0.0351. The second kappa shape index (κ2) is 7.59. The first-order chi connectivity index (χ1) is 13.2. The van der Waals surface area contributed by atoms with E-state index in [1.54, 1.807) is 0 Å². The molecule has 0 N–H and O–H groups in total. The van der Waals surface area contributed by atoms with Gasteiger partial charge in [0.05, 0.1) is 14.5 Å². The second-order valence-corrected chi connectivity index (χ2v) is 13.5. The molecule has 27 heavy (non-hydrogen) atoms. The molecule has 6 rings (SSSR count). The van der Waals surface area contributed by atoms with E-state index in [0.29, 0.717) is 5.16 Å². The molecule has 0 spiro atoms. The van der Waals surface area contributed by atoms with Crippen LogP contribution in [0.15, 0.2) is 60.7 Å². The van der Waals surface area contributed by atoms with Crippen LogP contribution in [0.2, 0.25) is 0 Å².